The Morgan fingerprint density at radius 3 is 2.82 bits per heavy atom. The quantitative estimate of drug-likeness (QED) is 0.869. The molecule has 2 atom stereocenters. The Bertz CT molecular complexity index is 388. The summed E-state index contributed by atoms with van der Waals surface area (Å²) in [6, 6.07) is 0.540. The molecular weight excluding hydrogens is 232 g/mol. The lowest BCUT2D eigenvalue weighted by Crippen LogP contribution is -2.29. The Labute approximate surface area is 107 Å². The molecule has 5 heteroatoms. The summed E-state index contributed by atoms with van der Waals surface area (Å²) < 4.78 is 1.85. The average molecular weight is 254 g/mol. The topological polar surface area (TPSA) is 55.9 Å². The van der Waals surface area contributed by atoms with E-state index in [0.717, 1.165) is 22.4 Å². The van der Waals surface area contributed by atoms with Crippen molar-refractivity contribution in [3.05, 3.63) is 5.69 Å². The summed E-state index contributed by atoms with van der Waals surface area (Å²) in [5.74, 6) is 0.981. The van der Waals surface area contributed by atoms with Crippen LogP contribution < -0.4 is 11.1 Å². The minimum atomic E-state index is 0.540. The van der Waals surface area contributed by atoms with Gasteiger partial charge in [0.25, 0.3) is 0 Å². The second-order valence-corrected chi connectivity index (χ2v) is 5.97. The van der Waals surface area contributed by atoms with E-state index in [2.05, 4.69) is 16.7 Å². The van der Waals surface area contributed by atoms with Crippen LogP contribution in [0, 0.1) is 6.92 Å². The van der Waals surface area contributed by atoms with Gasteiger partial charge in [-0.1, -0.05) is 6.42 Å². The van der Waals surface area contributed by atoms with Gasteiger partial charge in [0.1, 0.15) is 5.82 Å². The highest BCUT2D eigenvalue weighted by molar-refractivity contribution is 7.99. The maximum absolute atomic E-state index is 6.04. The molecule has 2 unspecified atom stereocenters. The number of hydrogen-bond acceptors (Lipinski definition) is 4. The summed E-state index contributed by atoms with van der Waals surface area (Å²) in [6.45, 7) is 1.95. The smallest absolute Gasteiger partial charge is 0.147 e. The van der Waals surface area contributed by atoms with Gasteiger partial charge in [-0.3, -0.25) is 4.68 Å². The Morgan fingerprint density at radius 2 is 2.24 bits per heavy atom. The van der Waals surface area contributed by atoms with Crippen molar-refractivity contribution in [2.75, 3.05) is 17.3 Å². The number of nitrogens with two attached hydrogens (primary N) is 1. The van der Waals surface area contributed by atoms with Gasteiger partial charge in [0.05, 0.1) is 11.4 Å². The van der Waals surface area contributed by atoms with Crippen molar-refractivity contribution >= 4 is 23.3 Å². The van der Waals surface area contributed by atoms with Crippen LogP contribution in [0.25, 0.3) is 0 Å². The molecule has 1 aliphatic carbocycles. The van der Waals surface area contributed by atoms with E-state index in [0.29, 0.717) is 6.04 Å². The van der Waals surface area contributed by atoms with Crippen molar-refractivity contribution < 1.29 is 0 Å². The van der Waals surface area contributed by atoms with Crippen LogP contribution >= 0.6 is 11.8 Å². The molecule has 0 spiro atoms. The van der Waals surface area contributed by atoms with E-state index in [1.165, 1.54) is 25.7 Å². The predicted molar refractivity (Wildman–Crippen MR) is 75.5 cm³/mol. The molecule has 17 heavy (non-hydrogen) atoms. The Hall–Kier alpha value is -0.840. The molecule has 4 nitrogen and oxygen atoms in total. The number of anilines is 2. The predicted octanol–water partition coefficient (Wildman–Crippen LogP) is 2.40. The molecule has 0 amide bonds. The van der Waals surface area contributed by atoms with Crippen molar-refractivity contribution in [3.8, 4) is 0 Å². The first kappa shape index (κ1) is 12.6. The zero-order chi connectivity index (χ0) is 12.4. The molecule has 2 rings (SSSR count). The minimum absolute atomic E-state index is 0.540. The maximum atomic E-state index is 6.04. The van der Waals surface area contributed by atoms with Gasteiger partial charge in [-0.25, -0.2) is 0 Å². The SMILES string of the molecule is CSC1CCCC(Nc2c(N)c(C)nn2C)C1. The Kier molecular flexibility index (Phi) is 3.86. The van der Waals surface area contributed by atoms with E-state index in [4.69, 9.17) is 5.73 Å². The third-order valence-electron chi connectivity index (χ3n) is 3.57. The standard InChI is InChI=1S/C12H22N4S/c1-8-11(13)12(16(2)15-8)14-9-5-4-6-10(7-9)17-3/h9-10,14H,4-7,13H2,1-3H3. The molecule has 0 radical (unpaired) electrons. The van der Waals surface area contributed by atoms with Crippen LogP contribution in [-0.2, 0) is 7.05 Å². The lowest BCUT2D eigenvalue weighted by molar-refractivity contribution is 0.471. The van der Waals surface area contributed by atoms with E-state index < -0.39 is 0 Å². The molecule has 1 aromatic heterocycles. The van der Waals surface area contributed by atoms with Crippen molar-refractivity contribution in [2.24, 2.45) is 7.05 Å². The van der Waals surface area contributed by atoms with Gasteiger partial charge >= 0.3 is 0 Å². The third-order valence-corrected chi connectivity index (χ3v) is 4.66. The lowest BCUT2D eigenvalue weighted by atomic mass is 9.95. The summed E-state index contributed by atoms with van der Waals surface area (Å²) in [4.78, 5) is 0. The number of rotatable bonds is 3. The maximum Gasteiger partial charge on any atom is 0.147 e. The van der Waals surface area contributed by atoms with Crippen LogP contribution in [0.5, 0.6) is 0 Å². The molecule has 1 heterocycles. The van der Waals surface area contributed by atoms with Crippen LogP contribution in [0.15, 0.2) is 0 Å². The van der Waals surface area contributed by atoms with Crippen LogP contribution in [0.1, 0.15) is 31.4 Å². The second-order valence-electron chi connectivity index (χ2n) is 4.84. The van der Waals surface area contributed by atoms with Gasteiger partial charge in [-0.2, -0.15) is 16.9 Å². The Morgan fingerprint density at radius 1 is 1.47 bits per heavy atom. The number of aromatic nitrogens is 2. The molecule has 1 aromatic rings. The highest BCUT2D eigenvalue weighted by atomic mass is 32.2. The van der Waals surface area contributed by atoms with Gasteiger partial charge in [0, 0.05) is 18.3 Å². The number of aryl methyl sites for hydroxylation is 2. The first-order valence-electron chi connectivity index (χ1n) is 6.20. The zero-order valence-corrected chi connectivity index (χ0v) is 11.7. The van der Waals surface area contributed by atoms with Crippen LogP contribution in [0.2, 0.25) is 0 Å². The van der Waals surface area contributed by atoms with Gasteiger partial charge in [-0.15, -0.1) is 0 Å². The molecule has 0 aromatic carbocycles. The number of nitrogens with zero attached hydrogens (tertiary/aromatic N) is 2. The minimum Gasteiger partial charge on any atom is -0.394 e. The fraction of sp³-hybridized carbons (Fsp3) is 0.750. The molecule has 1 saturated carbocycles. The summed E-state index contributed by atoms with van der Waals surface area (Å²) in [7, 11) is 1.95. The number of hydrogen-bond donors (Lipinski definition) is 2. The van der Waals surface area contributed by atoms with Crippen LogP contribution in [0.4, 0.5) is 11.5 Å². The normalized spacial score (nSPS) is 24.9. The molecule has 0 aliphatic heterocycles. The van der Waals surface area contributed by atoms with E-state index in [1.54, 1.807) is 0 Å². The number of nitrogens with one attached hydrogen (secondary N) is 1. The van der Waals surface area contributed by atoms with Crippen LogP contribution in [-0.4, -0.2) is 27.3 Å². The summed E-state index contributed by atoms with van der Waals surface area (Å²) in [5, 5.41) is 8.69. The summed E-state index contributed by atoms with van der Waals surface area (Å²) in [6.07, 6.45) is 7.32. The second kappa shape index (κ2) is 5.21. The number of nitrogen functional groups attached to an aromatic ring is 1. The van der Waals surface area contributed by atoms with E-state index in [9.17, 15) is 0 Å². The first-order chi connectivity index (χ1) is 8.11. The fourth-order valence-corrected chi connectivity index (χ4v) is 3.36. The van der Waals surface area contributed by atoms with E-state index in [1.807, 2.05) is 30.4 Å². The average Bonchev–Trinajstić information content (AvgIpc) is 2.56. The third kappa shape index (κ3) is 2.70. The van der Waals surface area contributed by atoms with Gasteiger partial charge < -0.3 is 11.1 Å². The van der Waals surface area contributed by atoms with E-state index >= 15 is 0 Å². The molecule has 1 fully saturated rings. The van der Waals surface area contributed by atoms with Crippen LogP contribution in [0.3, 0.4) is 0 Å². The highest BCUT2D eigenvalue weighted by Gasteiger charge is 2.23. The lowest BCUT2D eigenvalue weighted by Gasteiger charge is -2.29. The summed E-state index contributed by atoms with van der Waals surface area (Å²) >= 11 is 1.98. The largest absolute Gasteiger partial charge is 0.394 e. The molecule has 0 saturated heterocycles. The molecule has 96 valence electrons. The van der Waals surface area contributed by atoms with Crippen molar-refractivity contribution in [3.63, 3.8) is 0 Å². The molecule has 3 N–H and O–H groups in total. The highest BCUT2D eigenvalue weighted by Crippen LogP contribution is 2.30. The number of thioether (sulfide) groups is 1. The van der Waals surface area contributed by atoms with Crippen molar-refractivity contribution in [2.45, 2.75) is 43.9 Å². The molecule has 0 bridgehead atoms. The fourth-order valence-electron chi connectivity index (χ4n) is 2.53. The molecular formula is C12H22N4S. The van der Waals surface area contributed by atoms with Crippen molar-refractivity contribution in [1.29, 1.82) is 0 Å². The van der Waals surface area contributed by atoms with Crippen molar-refractivity contribution in [1.82, 2.24) is 9.78 Å². The molecule has 1 aliphatic rings. The summed E-state index contributed by atoms with van der Waals surface area (Å²) in [5.41, 5.74) is 7.74. The van der Waals surface area contributed by atoms with Gasteiger partial charge in [0.2, 0.25) is 0 Å². The first-order valence-corrected chi connectivity index (χ1v) is 7.49. The Balaban J connectivity index is 2.05. The van der Waals surface area contributed by atoms with Gasteiger partial charge in [-0.05, 0) is 32.4 Å². The van der Waals surface area contributed by atoms with E-state index in [-0.39, 0.29) is 0 Å². The monoisotopic (exact) mass is 254 g/mol. The zero-order valence-electron chi connectivity index (χ0n) is 10.9. The van der Waals surface area contributed by atoms with Gasteiger partial charge in [0.15, 0.2) is 0 Å².